The third kappa shape index (κ3) is 3.57. The first-order chi connectivity index (χ1) is 13.6. The van der Waals surface area contributed by atoms with Crippen LogP contribution in [0.3, 0.4) is 0 Å². The predicted octanol–water partition coefficient (Wildman–Crippen LogP) is 3.58. The van der Waals surface area contributed by atoms with Gasteiger partial charge in [-0.05, 0) is 58.2 Å². The maximum Gasteiger partial charge on any atom is 0.233 e. The number of hydrogen-bond acceptors (Lipinski definition) is 6. The Bertz CT molecular complexity index is 859. The number of rotatable bonds is 5. The zero-order valence-corrected chi connectivity index (χ0v) is 17.4. The fraction of sp³-hybridized carbons (Fsp3) is 0.550. The number of benzene rings is 1. The average molecular weight is 403 g/mol. The summed E-state index contributed by atoms with van der Waals surface area (Å²) in [5, 5.41) is 9.48. The number of thioether (sulfide) groups is 1. The Labute approximate surface area is 169 Å². The number of ether oxygens (including phenoxy) is 2. The second-order valence-corrected chi connectivity index (χ2v) is 8.28. The largest absolute Gasteiger partial charge is 0.454 e. The Morgan fingerprint density at radius 3 is 2.68 bits per heavy atom. The summed E-state index contributed by atoms with van der Waals surface area (Å²) in [7, 11) is 0. The van der Waals surface area contributed by atoms with Gasteiger partial charge < -0.3 is 18.9 Å². The van der Waals surface area contributed by atoms with Crippen molar-refractivity contribution in [3.8, 4) is 22.9 Å². The Hall–Kier alpha value is -2.22. The lowest BCUT2D eigenvalue weighted by atomic mass is 9.98. The minimum atomic E-state index is 0.181. The van der Waals surface area contributed by atoms with Crippen molar-refractivity contribution in [2.24, 2.45) is 0 Å². The van der Waals surface area contributed by atoms with Crippen LogP contribution < -0.4 is 9.47 Å². The average Bonchev–Trinajstić information content (AvgIpc) is 3.31. The number of hydrogen-bond donors (Lipinski definition) is 0. The molecular formula is C20H26N4O3S. The number of carbonyl (C=O) groups excluding carboxylic acids is 1. The quantitative estimate of drug-likeness (QED) is 0.712. The second kappa shape index (κ2) is 8.03. The third-order valence-electron chi connectivity index (χ3n) is 5.47. The van der Waals surface area contributed by atoms with Gasteiger partial charge in [-0.2, -0.15) is 0 Å². The van der Waals surface area contributed by atoms with Gasteiger partial charge in [0.25, 0.3) is 0 Å². The summed E-state index contributed by atoms with van der Waals surface area (Å²) in [6, 6.07) is 6.40. The fourth-order valence-corrected chi connectivity index (χ4v) is 4.92. The van der Waals surface area contributed by atoms with E-state index >= 15 is 0 Å². The molecule has 7 nitrogen and oxygen atoms in total. The Kier molecular flexibility index (Phi) is 5.48. The van der Waals surface area contributed by atoms with Crippen molar-refractivity contribution in [2.75, 3.05) is 12.5 Å². The van der Waals surface area contributed by atoms with E-state index in [9.17, 15) is 4.79 Å². The first-order valence-electron chi connectivity index (χ1n) is 9.85. The van der Waals surface area contributed by atoms with E-state index < -0.39 is 0 Å². The summed E-state index contributed by atoms with van der Waals surface area (Å²) in [5.74, 6) is 2.81. The summed E-state index contributed by atoms with van der Waals surface area (Å²) in [5.41, 5.74) is 0.926. The molecule has 1 fully saturated rings. The molecule has 8 heteroatoms. The molecule has 0 radical (unpaired) electrons. The van der Waals surface area contributed by atoms with Crippen LogP contribution in [-0.4, -0.2) is 50.2 Å². The zero-order valence-electron chi connectivity index (χ0n) is 16.6. The number of fused-ring (bicyclic) bond motifs is 1. The van der Waals surface area contributed by atoms with Gasteiger partial charge in [0.1, 0.15) is 0 Å². The number of aromatic nitrogens is 3. The molecule has 2 aromatic rings. The highest BCUT2D eigenvalue weighted by Gasteiger charge is 2.29. The molecule has 0 bridgehead atoms. The third-order valence-corrected chi connectivity index (χ3v) is 6.42. The lowest BCUT2D eigenvalue weighted by Gasteiger charge is -2.39. The highest BCUT2D eigenvalue weighted by Crippen LogP contribution is 2.36. The van der Waals surface area contributed by atoms with Gasteiger partial charge in [-0.3, -0.25) is 4.79 Å². The molecule has 1 amide bonds. The molecule has 2 atom stereocenters. The molecule has 1 aromatic carbocycles. The van der Waals surface area contributed by atoms with Crippen molar-refractivity contribution in [1.29, 1.82) is 0 Å². The number of amides is 1. The topological polar surface area (TPSA) is 69.5 Å². The van der Waals surface area contributed by atoms with Gasteiger partial charge >= 0.3 is 0 Å². The first kappa shape index (κ1) is 19.1. The van der Waals surface area contributed by atoms with Crippen LogP contribution in [0.25, 0.3) is 11.4 Å². The van der Waals surface area contributed by atoms with Crippen molar-refractivity contribution in [3.05, 3.63) is 18.2 Å². The van der Waals surface area contributed by atoms with Crippen molar-refractivity contribution in [2.45, 2.75) is 63.8 Å². The van der Waals surface area contributed by atoms with E-state index in [2.05, 4.69) is 31.0 Å². The maximum atomic E-state index is 12.8. The summed E-state index contributed by atoms with van der Waals surface area (Å²) < 4.78 is 12.9. The summed E-state index contributed by atoms with van der Waals surface area (Å²) >= 11 is 1.46. The molecule has 0 N–H and O–H groups in total. The molecule has 2 aliphatic rings. The van der Waals surface area contributed by atoms with Gasteiger partial charge in [0, 0.05) is 24.2 Å². The smallest absolute Gasteiger partial charge is 0.233 e. The van der Waals surface area contributed by atoms with Crippen LogP contribution in [0.5, 0.6) is 11.5 Å². The van der Waals surface area contributed by atoms with Crippen LogP contribution >= 0.6 is 11.8 Å². The Morgan fingerprint density at radius 1 is 1.18 bits per heavy atom. The molecule has 4 rings (SSSR count). The molecule has 2 aliphatic heterocycles. The molecule has 150 valence electrons. The standard InChI is InChI=1S/C20H26N4O3S/c1-4-23-19(15-8-9-16-17(10-15)27-12-26-16)21-22-20(23)28-11-18(25)24-13(2)6-5-7-14(24)3/h8-10,13-14H,4-7,11-12H2,1-3H3/t13-,14-/m0/s1. The molecule has 0 unspecified atom stereocenters. The van der Waals surface area contributed by atoms with Crippen LogP contribution in [0.2, 0.25) is 0 Å². The molecule has 1 saturated heterocycles. The van der Waals surface area contributed by atoms with Crippen molar-refractivity contribution < 1.29 is 14.3 Å². The molecule has 0 saturated carbocycles. The van der Waals surface area contributed by atoms with Gasteiger partial charge in [-0.1, -0.05) is 11.8 Å². The monoisotopic (exact) mass is 402 g/mol. The van der Waals surface area contributed by atoms with E-state index in [-0.39, 0.29) is 12.7 Å². The minimum absolute atomic E-state index is 0.181. The summed E-state index contributed by atoms with van der Waals surface area (Å²) in [4.78, 5) is 14.9. The van der Waals surface area contributed by atoms with Gasteiger partial charge in [-0.15, -0.1) is 10.2 Å². The van der Waals surface area contributed by atoms with Gasteiger partial charge in [0.15, 0.2) is 22.5 Å². The normalized spacial score (nSPS) is 21.2. The molecule has 3 heterocycles. The molecular weight excluding hydrogens is 376 g/mol. The van der Waals surface area contributed by atoms with Crippen LogP contribution in [0.4, 0.5) is 0 Å². The fourth-order valence-electron chi connectivity index (χ4n) is 4.04. The molecule has 0 spiro atoms. The van der Waals surface area contributed by atoms with Crippen LogP contribution in [0, 0.1) is 0 Å². The van der Waals surface area contributed by atoms with Gasteiger partial charge in [-0.25, -0.2) is 0 Å². The van der Waals surface area contributed by atoms with E-state index in [0.717, 1.165) is 47.4 Å². The summed E-state index contributed by atoms with van der Waals surface area (Å²) in [6.07, 6.45) is 3.36. The lowest BCUT2D eigenvalue weighted by Crippen LogP contribution is -2.48. The van der Waals surface area contributed by atoms with E-state index in [1.54, 1.807) is 0 Å². The van der Waals surface area contributed by atoms with Gasteiger partial charge in [0.2, 0.25) is 12.7 Å². The van der Waals surface area contributed by atoms with E-state index in [0.29, 0.717) is 17.8 Å². The highest BCUT2D eigenvalue weighted by atomic mass is 32.2. The van der Waals surface area contributed by atoms with E-state index in [1.165, 1.54) is 18.2 Å². The Balaban J connectivity index is 1.49. The summed E-state index contributed by atoms with van der Waals surface area (Å²) in [6.45, 7) is 7.31. The SMILES string of the molecule is CCn1c(SCC(=O)N2[C@@H](C)CCC[C@@H]2C)nnc1-c1ccc2c(c1)OCO2. The number of piperidine rings is 1. The van der Waals surface area contributed by atoms with Gasteiger partial charge in [0.05, 0.1) is 5.75 Å². The first-order valence-corrected chi connectivity index (χ1v) is 10.8. The molecule has 1 aromatic heterocycles. The van der Waals surface area contributed by atoms with Crippen molar-refractivity contribution in [3.63, 3.8) is 0 Å². The minimum Gasteiger partial charge on any atom is -0.454 e. The maximum absolute atomic E-state index is 12.8. The van der Waals surface area contributed by atoms with Crippen LogP contribution in [0.1, 0.15) is 40.0 Å². The molecule has 0 aliphatic carbocycles. The second-order valence-electron chi connectivity index (χ2n) is 7.34. The van der Waals surface area contributed by atoms with E-state index in [1.807, 2.05) is 27.7 Å². The Morgan fingerprint density at radius 2 is 1.93 bits per heavy atom. The lowest BCUT2D eigenvalue weighted by molar-refractivity contribution is -0.134. The van der Waals surface area contributed by atoms with Crippen molar-refractivity contribution in [1.82, 2.24) is 19.7 Å². The van der Waals surface area contributed by atoms with Crippen molar-refractivity contribution >= 4 is 17.7 Å². The molecule has 28 heavy (non-hydrogen) atoms. The van der Waals surface area contributed by atoms with E-state index in [4.69, 9.17) is 9.47 Å². The predicted molar refractivity (Wildman–Crippen MR) is 108 cm³/mol. The number of nitrogens with zero attached hydrogens (tertiary/aromatic N) is 4. The number of likely N-dealkylation sites (tertiary alicyclic amines) is 1. The zero-order chi connectivity index (χ0) is 19.7. The van der Waals surface area contributed by atoms with Crippen LogP contribution in [0.15, 0.2) is 23.4 Å². The van der Waals surface area contributed by atoms with Crippen LogP contribution in [-0.2, 0) is 11.3 Å². The highest BCUT2D eigenvalue weighted by molar-refractivity contribution is 7.99. The number of carbonyl (C=O) groups is 1.